The number of ether oxygens (including phenoxy) is 2. The van der Waals surface area contributed by atoms with Crippen molar-refractivity contribution in [2.75, 3.05) is 18.5 Å². The van der Waals surface area contributed by atoms with Crippen molar-refractivity contribution in [3.63, 3.8) is 0 Å². The van der Waals surface area contributed by atoms with Gasteiger partial charge in [-0.15, -0.1) is 6.42 Å². The zero-order valence-corrected chi connectivity index (χ0v) is 17.1. The Morgan fingerprint density at radius 2 is 2.03 bits per heavy atom. The second-order valence-corrected chi connectivity index (χ2v) is 6.72. The third-order valence-electron chi connectivity index (χ3n) is 4.50. The lowest BCUT2D eigenvalue weighted by Gasteiger charge is -2.11. The molecule has 0 radical (unpaired) electrons. The highest BCUT2D eigenvalue weighted by molar-refractivity contribution is 5.91. The molecule has 154 valence electrons. The smallest absolute Gasteiger partial charge is 0.305 e. The summed E-state index contributed by atoms with van der Waals surface area (Å²) < 4.78 is 10.8. The summed E-state index contributed by atoms with van der Waals surface area (Å²) in [5.41, 5.74) is 2.48. The first kappa shape index (κ1) is 21.1. The van der Waals surface area contributed by atoms with Crippen LogP contribution >= 0.6 is 0 Å². The molecule has 0 aliphatic carbocycles. The molecule has 2 aromatic carbocycles. The van der Waals surface area contributed by atoms with Crippen LogP contribution in [0.2, 0.25) is 0 Å². The Bertz CT molecular complexity index is 1040. The Kier molecular flexibility index (Phi) is 7.62. The van der Waals surface area contributed by atoms with Gasteiger partial charge in [0, 0.05) is 23.1 Å². The van der Waals surface area contributed by atoms with Crippen molar-refractivity contribution in [1.29, 1.82) is 0 Å². The molecule has 0 aliphatic rings. The molecule has 0 aliphatic heterocycles. The topological polar surface area (TPSA) is 73.3 Å². The van der Waals surface area contributed by atoms with Gasteiger partial charge in [-0.2, -0.15) is 0 Å². The first-order valence-corrected chi connectivity index (χ1v) is 10.1. The summed E-state index contributed by atoms with van der Waals surface area (Å²) in [7, 11) is 0. The number of hydrogen-bond donors (Lipinski definition) is 1. The van der Waals surface area contributed by atoms with Crippen molar-refractivity contribution in [1.82, 2.24) is 9.97 Å². The van der Waals surface area contributed by atoms with E-state index in [0.717, 1.165) is 47.2 Å². The van der Waals surface area contributed by atoms with Crippen LogP contribution in [0.3, 0.4) is 0 Å². The largest absolute Gasteiger partial charge is 0.494 e. The van der Waals surface area contributed by atoms with Crippen LogP contribution in [0.15, 0.2) is 48.8 Å². The second kappa shape index (κ2) is 10.8. The molecule has 0 amide bonds. The molecule has 1 heterocycles. The Hall–Kier alpha value is -3.59. The number of nitrogens with one attached hydrogen (secondary N) is 1. The normalized spacial score (nSPS) is 10.4. The Labute approximate surface area is 176 Å². The molecule has 0 atom stereocenters. The number of esters is 1. The summed E-state index contributed by atoms with van der Waals surface area (Å²) in [4.78, 5) is 20.0. The number of carbonyl (C=O) groups excluding carboxylic acids is 1. The van der Waals surface area contributed by atoms with E-state index in [2.05, 4.69) is 21.2 Å². The van der Waals surface area contributed by atoms with Gasteiger partial charge in [0.25, 0.3) is 0 Å². The maximum Gasteiger partial charge on any atom is 0.305 e. The minimum Gasteiger partial charge on any atom is -0.494 e. The van der Waals surface area contributed by atoms with E-state index in [4.69, 9.17) is 15.9 Å². The van der Waals surface area contributed by atoms with Gasteiger partial charge in [0.1, 0.15) is 17.9 Å². The van der Waals surface area contributed by atoms with E-state index in [-0.39, 0.29) is 5.97 Å². The van der Waals surface area contributed by atoms with Crippen molar-refractivity contribution in [2.24, 2.45) is 0 Å². The fourth-order valence-electron chi connectivity index (χ4n) is 3.02. The molecule has 0 unspecified atom stereocenters. The molecule has 6 nitrogen and oxygen atoms in total. The van der Waals surface area contributed by atoms with Crippen LogP contribution in [0.25, 0.3) is 10.9 Å². The van der Waals surface area contributed by atoms with Crippen LogP contribution in [-0.4, -0.2) is 29.2 Å². The molecule has 0 saturated heterocycles. The third kappa shape index (κ3) is 5.95. The van der Waals surface area contributed by atoms with Crippen molar-refractivity contribution in [3.05, 3.63) is 54.4 Å². The highest BCUT2D eigenvalue weighted by atomic mass is 16.5. The second-order valence-electron chi connectivity index (χ2n) is 6.72. The summed E-state index contributed by atoms with van der Waals surface area (Å²) in [6.07, 6.45) is 10.1. The lowest BCUT2D eigenvalue weighted by atomic mass is 10.2. The van der Waals surface area contributed by atoms with E-state index in [0.29, 0.717) is 25.5 Å². The summed E-state index contributed by atoms with van der Waals surface area (Å²) in [6.45, 7) is 2.82. The van der Waals surface area contributed by atoms with Crippen LogP contribution in [0.5, 0.6) is 5.75 Å². The first-order chi connectivity index (χ1) is 14.7. The fourth-order valence-corrected chi connectivity index (χ4v) is 3.02. The summed E-state index contributed by atoms with van der Waals surface area (Å²) in [5.74, 6) is 3.93. The van der Waals surface area contributed by atoms with Crippen LogP contribution in [0, 0.1) is 12.3 Å². The molecular weight excluding hydrogens is 378 g/mol. The maximum absolute atomic E-state index is 11.3. The highest BCUT2D eigenvalue weighted by Crippen LogP contribution is 2.27. The number of terminal acetylenes is 1. The SMILES string of the molecule is C#Cc1cccc(Nc2ncnc3ccc(OCCCCCC(=O)OCC)cc23)c1. The Morgan fingerprint density at radius 1 is 1.13 bits per heavy atom. The number of aromatic nitrogens is 2. The van der Waals surface area contributed by atoms with Gasteiger partial charge >= 0.3 is 5.97 Å². The number of hydrogen-bond acceptors (Lipinski definition) is 6. The maximum atomic E-state index is 11.3. The molecule has 1 N–H and O–H groups in total. The molecular formula is C24H25N3O3. The predicted molar refractivity (Wildman–Crippen MR) is 118 cm³/mol. The monoisotopic (exact) mass is 403 g/mol. The fraction of sp³-hybridized carbons (Fsp3) is 0.292. The minimum absolute atomic E-state index is 0.138. The average Bonchev–Trinajstić information content (AvgIpc) is 2.77. The van der Waals surface area contributed by atoms with Crippen LogP contribution in [-0.2, 0) is 9.53 Å². The predicted octanol–water partition coefficient (Wildman–Crippen LogP) is 4.86. The molecule has 3 aromatic rings. The van der Waals surface area contributed by atoms with E-state index >= 15 is 0 Å². The third-order valence-corrected chi connectivity index (χ3v) is 4.50. The van der Waals surface area contributed by atoms with Crippen molar-refractivity contribution in [2.45, 2.75) is 32.6 Å². The Morgan fingerprint density at radius 3 is 2.87 bits per heavy atom. The van der Waals surface area contributed by atoms with Gasteiger partial charge in [0.05, 0.1) is 18.7 Å². The zero-order chi connectivity index (χ0) is 21.2. The van der Waals surface area contributed by atoms with E-state index in [1.165, 1.54) is 6.33 Å². The molecule has 6 heteroatoms. The molecule has 0 spiro atoms. The standard InChI is InChI=1S/C24H25N3O3/c1-3-18-9-8-10-19(15-18)27-24-21-16-20(12-13-22(21)25-17-26-24)30-14-7-5-6-11-23(28)29-4-2/h1,8-10,12-13,15-17H,4-7,11,14H2,2H3,(H,25,26,27). The lowest BCUT2D eigenvalue weighted by Crippen LogP contribution is -2.04. The molecule has 0 bridgehead atoms. The van der Waals surface area contributed by atoms with Gasteiger partial charge < -0.3 is 14.8 Å². The number of anilines is 2. The highest BCUT2D eigenvalue weighted by Gasteiger charge is 2.07. The van der Waals surface area contributed by atoms with Gasteiger partial charge in [0.15, 0.2) is 0 Å². The van der Waals surface area contributed by atoms with Crippen molar-refractivity contribution >= 4 is 28.4 Å². The quantitative estimate of drug-likeness (QED) is 0.296. The number of rotatable bonds is 10. The first-order valence-electron chi connectivity index (χ1n) is 10.1. The molecule has 0 fully saturated rings. The summed E-state index contributed by atoms with van der Waals surface area (Å²) in [5, 5.41) is 4.17. The average molecular weight is 403 g/mol. The zero-order valence-electron chi connectivity index (χ0n) is 17.1. The summed E-state index contributed by atoms with van der Waals surface area (Å²) >= 11 is 0. The summed E-state index contributed by atoms with van der Waals surface area (Å²) in [6, 6.07) is 13.4. The number of carbonyl (C=O) groups is 1. The van der Waals surface area contributed by atoms with E-state index < -0.39 is 0 Å². The van der Waals surface area contributed by atoms with Gasteiger partial charge in [0.2, 0.25) is 0 Å². The molecule has 30 heavy (non-hydrogen) atoms. The number of fused-ring (bicyclic) bond motifs is 1. The van der Waals surface area contributed by atoms with Crippen LogP contribution in [0.4, 0.5) is 11.5 Å². The van der Waals surface area contributed by atoms with Gasteiger partial charge in [-0.25, -0.2) is 9.97 Å². The van der Waals surface area contributed by atoms with Gasteiger partial charge in [-0.1, -0.05) is 12.0 Å². The number of benzene rings is 2. The van der Waals surface area contributed by atoms with Gasteiger partial charge in [-0.3, -0.25) is 4.79 Å². The van der Waals surface area contributed by atoms with Gasteiger partial charge in [-0.05, 0) is 62.6 Å². The van der Waals surface area contributed by atoms with E-state index in [9.17, 15) is 4.79 Å². The van der Waals surface area contributed by atoms with E-state index in [1.54, 1.807) is 0 Å². The minimum atomic E-state index is -0.138. The van der Waals surface area contributed by atoms with E-state index in [1.807, 2.05) is 49.4 Å². The van der Waals surface area contributed by atoms with Crippen LogP contribution < -0.4 is 10.1 Å². The van der Waals surface area contributed by atoms with Crippen LogP contribution in [0.1, 0.15) is 38.2 Å². The molecule has 1 aromatic heterocycles. The molecule has 3 rings (SSSR count). The molecule has 0 saturated carbocycles. The number of nitrogens with zero attached hydrogens (tertiary/aromatic N) is 2. The lowest BCUT2D eigenvalue weighted by molar-refractivity contribution is -0.143. The number of unbranched alkanes of at least 4 members (excludes halogenated alkanes) is 2. The van der Waals surface area contributed by atoms with Crippen molar-refractivity contribution < 1.29 is 14.3 Å². The Balaban J connectivity index is 1.60. The van der Waals surface area contributed by atoms with Crippen molar-refractivity contribution in [3.8, 4) is 18.1 Å².